The van der Waals surface area contributed by atoms with Gasteiger partial charge in [0.15, 0.2) is 0 Å². The number of aliphatic carboxylic acids is 1. The Kier molecular flexibility index (Phi) is 5.03. The van der Waals surface area contributed by atoms with Crippen LogP contribution in [0.1, 0.15) is 17.7 Å². The van der Waals surface area contributed by atoms with Gasteiger partial charge in [-0.1, -0.05) is 11.8 Å². The molecule has 0 amide bonds. The molecule has 4 nitrogen and oxygen atoms in total. The molecule has 84 valence electrons. The average Bonchev–Trinajstić information content (AvgIpc) is 2.26. The van der Waals surface area contributed by atoms with Gasteiger partial charge in [0.2, 0.25) is 0 Å². The highest BCUT2D eigenvalue weighted by Crippen LogP contribution is 1.99. The number of nitrogens with zero attached hydrogens (tertiary/aromatic N) is 1. The summed E-state index contributed by atoms with van der Waals surface area (Å²) in [4.78, 5) is 14.4. The maximum Gasteiger partial charge on any atom is 0.309 e. The lowest BCUT2D eigenvalue weighted by atomic mass is 10.2. The highest BCUT2D eigenvalue weighted by atomic mass is 16.4. The number of pyridine rings is 1. The van der Waals surface area contributed by atoms with Gasteiger partial charge in [0.1, 0.15) is 0 Å². The van der Waals surface area contributed by atoms with Gasteiger partial charge >= 0.3 is 5.97 Å². The van der Waals surface area contributed by atoms with E-state index in [4.69, 9.17) is 5.11 Å². The maximum absolute atomic E-state index is 10.4. The maximum atomic E-state index is 10.4. The van der Waals surface area contributed by atoms with Crippen LogP contribution in [0, 0.1) is 11.8 Å². The Morgan fingerprint density at radius 1 is 1.56 bits per heavy atom. The number of nitrogens with one attached hydrogen (secondary N) is 1. The van der Waals surface area contributed by atoms with Gasteiger partial charge in [-0.15, -0.1) is 0 Å². The van der Waals surface area contributed by atoms with Gasteiger partial charge in [-0.2, -0.15) is 0 Å². The van der Waals surface area contributed by atoms with Crippen molar-refractivity contribution in [2.45, 2.75) is 12.8 Å². The van der Waals surface area contributed by atoms with Crippen LogP contribution < -0.4 is 5.32 Å². The van der Waals surface area contributed by atoms with E-state index in [2.05, 4.69) is 22.1 Å². The summed E-state index contributed by atoms with van der Waals surface area (Å²) in [5, 5.41) is 11.6. The van der Waals surface area contributed by atoms with Crippen LogP contribution in [0.25, 0.3) is 0 Å². The lowest BCUT2D eigenvalue weighted by Crippen LogP contribution is -2.05. The Balaban J connectivity index is 2.56. The highest BCUT2D eigenvalue weighted by molar-refractivity contribution is 5.69. The number of rotatable bonds is 4. The van der Waals surface area contributed by atoms with Crippen molar-refractivity contribution in [3.05, 3.63) is 29.6 Å². The highest BCUT2D eigenvalue weighted by Gasteiger charge is 2.00. The van der Waals surface area contributed by atoms with E-state index in [0.717, 1.165) is 18.5 Å². The van der Waals surface area contributed by atoms with E-state index < -0.39 is 5.97 Å². The monoisotopic (exact) mass is 218 g/mol. The summed E-state index contributed by atoms with van der Waals surface area (Å²) in [6.45, 7) is 0.859. The molecule has 0 saturated heterocycles. The van der Waals surface area contributed by atoms with E-state index in [-0.39, 0.29) is 6.42 Å². The summed E-state index contributed by atoms with van der Waals surface area (Å²) >= 11 is 0. The van der Waals surface area contributed by atoms with Gasteiger partial charge in [-0.05, 0) is 19.2 Å². The van der Waals surface area contributed by atoms with Crippen LogP contribution in [0.15, 0.2) is 18.3 Å². The Labute approximate surface area is 94.7 Å². The van der Waals surface area contributed by atoms with Crippen molar-refractivity contribution in [2.75, 3.05) is 13.6 Å². The Hall–Kier alpha value is -1.86. The molecular formula is C12H14N2O2. The average molecular weight is 218 g/mol. The minimum Gasteiger partial charge on any atom is -0.481 e. The van der Waals surface area contributed by atoms with Gasteiger partial charge in [0, 0.05) is 24.7 Å². The van der Waals surface area contributed by atoms with Crippen molar-refractivity contribution in [2.24, 2.45) is 0 Å². The SMILES string of the molecule is CNCCC#Cc1ccc(CC(=O)O)nc1. The van der Waals surface area contributed by atoms with Gasteiger partial charge in [0.05, 0.1) is 12.1 Å². The van der Waals surface area contributed by atoms with Crippen molar-refractivity contribution < 1.29 is 9.90 Å². The predicted octanol–water partition coefficient (Wildman–Crippen LogP) is 0.670. The molecule has 0 bridgehead atoms. The second-order valence-corrected chi connectivity index (χ2v) is 3.26. The molecule has 0 radical (unpaired) electrons. The molecule has 0 saturated carbocycles. The van der Waals surface area contributed by atoms with Crippen LogP contribution in [0.3, 0.4) is 0 Å². The minimum atomic E-state index is -0.875. The number of aromatic nitrogens is 1. The van der Waals surface area contributed by atoms with Crippen molar-refractivity contribution in [1.29, 1.82) is 0 Å². The first kappa shape index (κ1) is 12.2. The summed E-state index contributed by atoms with van der Waals surface area (Å²) < 4.78 is 0. The molecule has 0 atom stereocenters. The van der Waals surface area contributed by atoms with E-state index in [1.807, 2.05) is 7.05 Å². The van der Waals surface area contributed by atoms with Crippen LogP contribution in [0.2, 0.25) is 0 Å². The zero-order chi connectivity index (χ0) is 11.8. The summed E-state index contributed by atoms with van der Waals surface area (Å²) in [6.07, 6.45) is 2.34. The molecule has 0 aromatic carbocycles. The first-order chi connectivity index (χ1) is 7.72. The predicted molar refractivity (Wildman–Crippen MR) is 61.0 cm³/mol. The molecule has 1 aromatic rings. The van der Waals surface area contributed by atoms with Gasteiger partial charge in [0.25, 0.3) is 0 Å². The van der Waals surface area contributed by atoms with E-state index in [1.165, 1.54) is 0 Å². The second-order valence-electron chi connectivity index (χ2n) is 3.26. The molecule has 0 aliphatic heterocycles. The van der Waals surface area contributed by atoms with Gasteiger partial charge in [-0.25, -0.2) is 0 Å². The molecule has 2 N–H and O–H groups in total. The number of hydrogen-bond acceptors (Lipinski definition) is 3. The second kappa shape index (κ2) is 6.59. The van der Waals surface area contributed by atoms with E-state index >= 15 is 0 Å². The third-order valence-electron chi connectivity index (χ3n) is 1.89. The fourth-order valence-corrected chi connectivity index (χ4v) is 1.11. The standard InChI is InChI=1S/C12H14N2O2/c1-13-7-3-2-4-10-5-6-11(14-9-10)8-12(15)16/h5-6,9,13H,3,7-8H2,1H3,(H,15,16). The summed E-state index contributed by atoms with van der Waals surface area (Å²) in [5.41, 5.74) is 1.36. The van der Waals surface area contributed by atoms with Crippen LogP contribution >= 0.6 is 0 Å². The molecule has 0 aliphatic carbocycles. The quantitative estimate of drug-likeness (QED) is 0.576. The van der Waals surface area contributed by atoms with Crippen molar-refractivity contribution in [1.82, 2.24) is 10.3 Å². The van der Waals surface area contributed by atoms with Crippen molar-refractivity contribution in [3.63, 3.8) is 0 Å². The first-order valence-electron chi connectivity index (χ1n) is 5.02. The summed E-state index contributed by atoms with van der Waals surface area (Å²) in [7, 11) is 1.88. The van der Waals surface area contributed by atoms with E-state index in [9.17, 15) is 4.79 Å². The van der Waals surface area contributed by atoms with Crippen LogP contribution in [0.4, 0.5) is 0 Å². The van der Waals surface area contributed by atoms with E-state index in [0.29, 0.717) is 5.69 Å². The molecule has 1 rings (SSSR count). The first-order valence-corrected chi connectivity index (χ1v) is 5.02. The van der Waals surface area contributed by atoms with Crippen molar-refractivity contribution >= 4 is 5.97 Å². The third kappa shape index (κ3) is 4.58. The Bertz CT molecular complexity index is 401. The molecule has 0 spiro atoms. The van der Waals surface area contributed by atoms with Gasteiger partial charge in [-0.3, -0.25) is 9.78 Å². The molecule has 0 fully saturated rings. The smallest absolute Gasteiger partial charge is 0.309 e. The number of carbonyl (C=O) groups is 1. The summed E-state index contributed by atoms with van der Waals surface area (Å²) in [6, 6.07) is 3.48. The molecule has 4 heteroatoms. The zero-order valence-corrected chi connectivity index (χ0v) is 9.16. The summed E-state index contributed by atoms with van der Waals surface area (Å²) in [5.74, 6) is 5.08. The lowest BCUT2D eigenvalue weighted by Gasteiger charge is -1.95. The molecule has 0 unspecified atom stereocenters. The van der Waals surface area contributed by atoms with Crippen LogP contribution in [-0.2, 0) is 11.2 Å². The molecular weight excluding hydrogens is 204 g/mol. The topological polar surface area (TPSA) is 62.2 Å². The third-order valence-corrected chi connectivity index (χ3v) is 1.89. The molecule has 1 heterocycles. The molecule has 0 aliphatic rings. The number of carboxylic acid groups (broad SMARTS) is 1. The normalized spacial score (nSPS) is 9.31. The molecule has 16 heavy (non-hydrogen) atoms. The number of carboxylic acids is 1. The van der Waals surface area contributed by atoms with E-state index in [1.54, 1.807) is 18.3 Å². The molecule has 1 aromatic heterocycles. The zero-order valence-electron chi connectivity index (χ0n) is 9.16. The Morgan fingerprint density at radius 3 is 2.94 bits per heavy atom. The van der Waals surface area contributed by atoms with Crippen molar-refractivity contribution in [3.8, 4) is 11.8 Å². The number of hydrogen-bond donors (Lipinski definition) is 2. The van der Waals surface area contributed by atoms with Crippen LogP contribution in [0.5, 0.6) is 0 Å². The largest absolute Gasteiger partial charge is 0.481 e. The lowest BCUT2D eigenvalue weighted by molar-refractivity contribution is -0.136. The fraction of sp³-hybridized carbons (Fsp3) is 0.333. The Morgan fingerprint density at radius 2 is 2.38 bits per heavy atom. The van der Waals surface area contributed by atoms with Gasteiger partial charge < -0.3 is 10.4 Å². The minimum absolute atomic E-state index is 0.0482. The van der Waals surface area contributed by atoms with Crippen LogP contribution in [-0.4, -0.2) is 29.7 Å². The fourth-order valence-electron chi connectivity index (χ4n) is 1.11.